The molecule has 1 fully saturated rings. The number of piperidine rings is 1. The van der Waals surface area contributed by atoms with Crippen LogP contribution in [0.5, 0.6) is 0 Å². The van der Waals surface area contributed by atoms with Gasteiger partial charge in [-0.15, -0.1) is 0 Å². The Morgan fingerprint density at radius 2 is 1.87 bits per heavy atom. The number of rotatable bonds is 7. The number of sulfonamides is 1. The van der Waals surface area contributed by atoms with Crippen molar-refractivity contribution in [2.75, 3.05) is 13.2 Å². The van der Waals surface area contributed by atoms with Crippen molar-refractivity contribution in [2.45, 2.75) is 43.7 Å². The predicted molar refractivity (Wildman–Crippen MR) is 112 cm³/mol. The summed E-state index contributed by atoms with van der Waals surface area (Å²) in [5.74, 6) is -0.961. The first kappa shape index (κ1) is 22.0. The minimum atomic E-state index is -3.80. The van der Waals surface area contributed by atoms with Gasteiger partial charge in [0.1, 0.15) is 0 Å². The van der Waals surface area contributed by atoms with Crippen LogP contribution in [0, 0.1) is 0 Å². The molecular formula is C22H26N2O5S. The van der Waals surface area contributed by atoms with Crippen molar-refractivity contribution in [3.8, 4) is 0 Å². The normalized spacial score (nSPS) is 16.8. The topological polar surface area (TPSA) is 92.8 Å². The van der Waals surface area contributed by atoms with Crippen molar-refractivity contribution in [3.05, 3.63) is 65.7 Å². The maximum absolute atomic E-state index is 12.6. The summed E-state index contributed by atoms with van der Waals surface area (Å²) in [6.45, 7) is 2.43. The number of amides is 1. The number of benzene rings is 2. The molecule has 2 aromatic carbocycles. The van der Waals surface area contributed by atoms with Gasteiger partial charge in [-0.25, -0.2) is 17.9 Å². The Bertz CT molecular complexity index is 992. The summed E-state index contributed by atoms with van der Waals surface area (Å²) in [5.41, 5.74) is 0.902. The van der Waals surface area contributed by atoms with Gasteiger partial charge in [0, 0.05) is 19.1 Å². The van der Waals surface area contributed by atoms with E-state index >= 15 is 0 Å². The molecule has 1 N–H and O–H groups in total. The van der Waals surface area contributed by atoms with Gasteiger partial charge in [0.2, 0.25) is 10.0 Å². The largest absolute Gasteiger partial charge is 0.452 e. The van der Waals surface area contributed by atoms with Gasteiger partial charge < -0.3 is 9.64 Å². The van der Waals surface area contributed by atoms with Crippen molar-refractivity contribution in [2.24, 2.45) is 0 Å². The van der Waals surface area contributed by atoms with Crippen LogP contribution in [0.2, 0.25) is 0 Å². The first-order valence-corrected chi connectivity index (χ1v) is 11.5. The van der Waals surface area contributed by atoms with Crippen LogP contribution in [-0.2, 0) is 26.1 Å². The zero-order valence-electron chi connectivity index (χ0n) is 16.9. The van der Waals surface area contributed by atoms with Gasteiger partial charge in [0.25, 0.3) is 5.91 Å². The molecule has 160 valence electrons. The number of hydrogen-bond acceptors (Lipinski definition) is 5. The Kier molecular flexibility index (Phi) is 7.23. The number of carbonyl (C=O) groups excluding carboxylic acids is 2. The van der Waals surface area contributed by atoms with Crippen molar-refractivity contribution in [3.63, 3.8) is 0 Å². The maximum Gasteiger partial charge on any atom is 0.338 e. The SMILES string of the molecule is CC1CCCCN1C(=O)COC(=O)c1cccc(S(=O)(=O)NCc2ccccc2)c1. The summed E-state index contributed by atoms with van der Waals surface area (Å²) in [4.78, 5) is 26.4. The third-order valence-corrected chi connectivity index (χ3v) is 6.54. The molecule has 0 aromatic heterocycles. The van der Waals surface area contributed by atoms with Crippen LogP contribution >= 0.6 is 0 Å². The molecule has 0 aliphatic carbocycles. The van der Waals surface area contributed by atoms with E-state index in [0.717, 1.165) is 24.8 Å². The van der Waals surface area contributed by atoms with Gasteiger partial charge in [-0.2, -0.15) is 0 Å². The number of likely N-dealkylation sites (tertiary alicyclic amines) is 1. The minimum Gasteiger partial charge on any atom is -0.452 e. The molecule has 1 atom stereocenters. The number of hydrogen-bond donors (Lipinski definition) is 1. The summed E-state index contributed by atoms with van der Waals surface area (Å²) >= 11 is 0. The number of nitrogens with one attached hydrogen (secondary N) is 1. The van der Waals surface area contributed by atoms with Gasteiger partial charge in [0.05, 0.1) is 10.5 Å². The van der Waals surface area contributed by atoms with Crippen LogP contribution in [0.25, 0.3) is 0 Å². The second kappa shape index (κ2) is 9.86. The second-order valence-electron chi connectivity index (χ2n) is 7.35. The van der Waals surface area contributed by atoms with E-state index in [2.05, 4.69) is 4.72 Å². The Labute approximate surface area is 177 Å². The van der Waals surface area contributed by atoms with Crippen molar-refractivity contribution >= 4 is 21.9 Å². The quantitative estimate of drug-likeness (QED) is 0.682. The molecule has 0 bridgehead atoms. The van der Waals surface area contributed by atoms with E-state index in [9.17, 15) is 18.0 Å². The maximum atomic E-state index is 12.6. The lowest BCUT2D eigenvalue weighted by molar-refractivity contribution is -0.137. The van der Waals surface area contributed by atoms with Crippen LogP contribution in [-0.4, -0.2) is 44.4 Å². The van der Waals surface area contributed by atoms with E-state index in [1.54, 1.807) is 4.90 Å². The predicted octanol–water partition coefficient (Wildman–Crippen LogP) is 2.72. The van der Waals surface area contributed by atoms with Gasteiger partial charge in [-0.3, -0.25) is 4.79 Å². The van der Waals surface area contributed by atoms with Crippen molar-refractivity contribution in [1.82, 2.24) is 9.62 Å². The molecule has 1 aliphatic heterocycles. The molecule has 7 nitrogen and oxygen atoms in total. The van der Waals surface area contributed by atoms with Crippen LogP contribution in [0.3, 0.4) is 0 Å². The number of nitrogens with zero attached hydrogens (tertiary/aromatic N) is 1. The number of carbonyl (C=O) groups is 2. The third-order valence-electron chi connectivity index (χ3n) is 5.14. The fourth-order valence-corrected chi connectivity index (χ4v) is 4.47. The molecule has 0 saturated carbocycles. The Balaban J connectivity index is 1.61. The molecule has 2 aromatic rings. The highest BCUT2D eigenvalue weighted by atomic mass is 32.2. The second-order valence-corrected chi connectivity index (χ2v) is 9.11. The summed E-state index contributed by atoms with van der Waals surface area (Å²) in [6.07, 6.45) is 2.97. The molecule has 1 amide bonds. The minimum absolute atomic E-state index is 0.0381. The fraction of sp³-hybridized carbons (Fsp3) is 0.364. The van der Waals surface area contributed by atoms with E-state index in [1.807, 2.05) is 37.3 Å². The highest BCUT2D eigenvalue weighted by molar-refractivity contribution is 7.89. The zero-order chi connectivity index (χ0) is 21.6. The van der Waals surface area contributed by atoms with E-state index in [0.29, 0.717) is 6.54 Å². The molecule has 0 radical (unpaired) electrons. The molecule has 8 heteroatoms. The lowest BCUT2D eigenvalue weighted by Gasteiger charge is -2.33. The highest BCUT2D eigenvalue weighted by Gasteiger charge is 2.24. The zero-order valence-corrected chi connectivity index (χ0v) is 17.7. The lowest BCUT2D eigenvalue weighted by Crippen LogP contribution is -2.44. The first-order valence-electron chi connectivity index (χ1n) is 9.97. The summed E-state index contributed by atoms with van der Waals surface area (Å²) in [7, 11) is -3.80. The standard InChI is InChI=1S/C22H26N2O5S/c1-17-8-5-6-13-24(17)21(25)16-29-22(26)19-11-7-12-20(14-19)30(27,28)23-15-18-9-3-2-4-10-18/h2-4,7,9-12,14,17,23H,5-6,8,13,15-16H2,1H3. The van der Waals surface area contributed by atoms with Crippen LogP contribution < -0.4 is 4.72 Å². The van der Waals surface area contributed by atoms with Crippen LogP contribution in [0.1, 0.15) is 42.1 Å². The van der Waals surface area contributed by atoms with E-state index in [4.69, 9.17) is 4.74 Å². The van der Waals surface area contributed by atoms with E-state index in [-0.39, 0.29) is 35.6 Å². The third kappa shape index (κ3) is 5.67. The monoisotopic (exact) mass is 430 g/mol. The average molecular weight is 431 g/mol. The van der Waals surface area contributed by atoms with Gasteiger partial charge in [-0.05, 0) is 49.9 Å². The Morgan fingerprint density at radius 1 is 1.10 bits per heavy atom. The van der Waals surface area contributed by atoms with E-state index < -0.39 is 16.0 Å². The van der Waals surface area contributed by atoms with Crippen LogP contribution in [0.15, 0.2) is 59.5 Å². The summed E-state index contributed by atoms with van der Waals surface area (Å²) in [5, 5.41) is 0. The number of esters is 1. The molecule has 1 saturated heterocycles. The molecule has 30 heavy (non-hydrogen) atoms. The van der Waals surface area contributed by atoms with Gasteiger partial charge in [0.15, 0.2) is 6.61 Å². The first-order chi connectivity index (χ1) is 14.4. The summed E-state index contributed by atoms with van der Waals surface area (Å²) in [6, 6.07) is 14.9. The fourth-order valence-electron chi connectivity index (χ4n) is 3.41. The van der Waals surface area contributed by atoms with Crippen molar-refractivity contribution < 1.29 is 22.7 Å². The molecule has 3 rings (SSSR count). The molecule has 1 heterocycles. The Morgan fingerprint density at radius 3 is 2.60 bits per heavy atom. The van der Waals surface area contributed by atoms with Crippen LogP contribution in [0.4, 0.5) is 0 Å². The molecule has 1 unspecified atom stereocenters. The molecular weight excluding hydrogens is 404 g/mol. The molecule has 0 spiro atoms. The van der Waals surface area contributed by atoms with Gasteiger partial charge >= 0.3 is 5.97 Å². The Hall–Kier alpha value is -2.71. The number of ether oxygens (including phenoxy) is 1. The van der Waals surface area contributed by atoms with Crippen molar-refractivity contribution in [1.29, 1.82) is 0 Å². The van der Waals surface area contributed by atoms with E-state index in [1.165, 1.54) is 24.3 Å². The smallest absolute Gasteiger partial charge is 0.338 e. The van der Waals surface area contributed by atoms with Gasteiger partial charge in [-0.1, -0.05) is 36.4 Å². The highest BCUT2D eigenvalue weighted by Crippen LogP contribution is 2.17. The average Bonchev–Trinajstić information content (AvgIpc) is 2.77. The lowest BCUT2D eigenvalue weighted by atomic mass is 10.0. The summed E-state index contributed by atoms with van der Waals surface area (Å²) < 4.78 is 32.8. The molecule has 1 aliphatic rings.